The minimum atomic E-state index is -4.42. The van der Waals surface area contributed by atoms with Crippen LogP contribution in [0.1, 0.15) is 66.5 Å². The lowest BCUT2D eigenvalue weighted by molar-refractivity contribution is -0.146. The van der Waals surface area contributed by atoms with Crippen molar-refractivity contribution in [3.05, 3.63) is 83.2 Å². The number of carboxylic acids is 1. The second-order valence-corrected chi connectivity index (χ2v) is 13.0. The lowest BCUT2D eigenvalue weighted by Gasteiger charge is -2.36. The third-order valence-electron chi connectivity index (χ3n) is 9.59. The number of benzene rings is 3. The van der Waals surface area contributed by atoms with Gasteiger partial charge in [-0.05, 0) is 117 Å². The minimum Gasteiger partial charge on any atom is -0.493 e. The molecule has 4 aromatic rings. The van der Waals surface area contributed by atoms with E-state index in [4.69, 9.17) is 9.72 Å². The van der Waals surface area contributed by atoms with E-state index in [1.807, 2.05) is 19.1 Å². The molecule has 0 radical (unpaired) electrons. The summed E-state index contributed by atoms with van der Waals surface area (Å²) in [5.74, 6) is -0.260. The molecule has 2 fully saturated rings. The number of nitrogens with one attached hydrogen (secondary N) is 2. The van der Waals surface area contributed by atoms with E-state index in [2.05, 4.69) is 58.7 Å². The molecule has 0 amide bonds. The molecule has 1 aliphatic heterocycles. The summed E-state index contributed by atoms with van der Waals surface area (Å²) in [6, 6.07) is 17.2. The van der Waals surface area contributed by atoms with Crippen LogP contribution in [0.15, 0.2) is 60.7 Å². The molecule has 3 aromatic carbocycles. The third-order valence-corrected chi connectivity index (χ3v) is 9.59. The molecule has 3 unspecified atom stereocenters. The number of imidazole rings is 1. The van der Waals surface area contributed by atoms with Gasteiger partial charge >= 0.3 is 12.1 Å². The number of hydrogen-bond donors (Lipinski definition) is 4. The average Bonchev–Trinajstić information content (AvgIpc) is 3.36. The number of halogens is 3. The van der Waals surface area contributed by atoms with Crippen LogP contribution >= 0.6 is 12.8 Å². The van der Waals surface area contributed by atoms with Crippen molar-refractivity contribution in [2.45, 2.75) is 57.0 Å². The van der Waals surface area contributed by atoms with Crippen LogP contribution in [0.2, 0.25) is 0 Å². The van der Waals surface area contributed by atoms with Crippen LogP contribution in [0, 0.1) is 18.8 Å². The average molecular weight is 669 g/mol. The maximum absolute atomic E-state index is 12.9. The number of piperidine rings is 1. The fourth-order valence-electron chi connectivity index (χ4n) is 7.19. The summed E-state index contributed by atoms with van der Waals surface area (Å²) in [5, 5.41) is 13.8. The van der Waals surface area contributed by atoms with Crippen molar-refractivity contribution in [2.75, 3.05) is 26.7 Å². The zero-order chi connectivity index (χ0) is 33.7. The maximum Gasteiger partial charge on any atom is 0.416 e. The maximum atomic E-state index is 12.9. The summed E-state index contributed by atoms with van der Waals surface area (Å²) in [5.41, 5.74) is 5.89. The van der Waals surface area contributed by atoms with Crippen LogP contribution in [0.25, 0.3) is 22.2 Å². The molecule has 1 aromatic heterocycles. The molecule has 1 saturated carbocycles. The first-order valence-electron chi connectivity index (χ1n) is 16.1. The van der Waals surface area contributed by atoms with E-state index in [9.17, 15) is 23.1 Å². The number of aromatic nitrogens is 2. The highest BCUT2D eigenvalue weighted by atomic mass is 32.1. The number of nitrogens with zero attached hydrogens (tertiary/aromatic N) is 2. The molecule has 1 saturated heterocycles. The second kappa shape index (κ2) is 15.1. The molecule has 6 rings (SSSR count). The summed E-state index contributed by atoms with van der Waals surface area (Å²) in [4.78, 5) is 17.4. The first-order chi connectivity index (χ1) is 22.5. The van der Waals surface area contributed by atoms with Crippen molar-refractivity contribution >= 4 is 29.8 Å². The van der Waals surface area contributed by atoms with E-state index in [0.717, 1.165) is 78.9 Å². The Morgan fingerprint density at radius 1 is 1.06 bits per heavy atom. The summed E-state index contributed by atoms with van der Waals surface area (Å²) < 4.78 is 49.2. The predicted octanol–water partition coefficient (Wildman–Crippen LogP) is 7.75. The number of aliphatic carboxylic acids is 1. The Bertz CT molecular complexity index is 1650. The van der Waals surface area contributed by atoms with Crippen LogP contribution in [0.3, 0.4) is 0 Å². The Kier molecular flexibility index (Phi) is 11.2. The molecule has 252 valence electrons. The van der Waals surface area contributed by atoms with Gasteiger partial charge in [-0.2, -0.15) is 13.2 Å². The number of aryl methyl sites for hydroxylation is 2. The van der Waals surface area contributed by atoms with Crippen LogP contribution in [-0.2, 0) is 18.0 Å². The highest BCUT2D eigenvalue weighted by Crippen LogP contribution is 2.43. The lowest BCUT2D eigenvalue weighted by atomic mass is 9.69. The Labute approximate surface area is 279 Å². The van der Waals surface area contributed by atoms with Crippen molar-refractivity contribution in [1.29, 1.82) is 0 Å². The van der Waals surface area contributed by atoms with Crippen molar-refractivity contribution in [3.63, 3.8) is 0 Å². The van der Waals surface area contributed by atoms with E-state index in [1.54, 1.807) is 7.05 Å². The lowest BCUT2D eigenvalue weighted by Crippen LogP contribution is -2.36. The Hall–Kier alpha value is -3.54. The molecule has 2 heterocycles. The normalized spacial score (nSPS) is 21.6. The number of hydrogen-bond acceptors (Lipinski definition) is 6. The summed E-state index contributed by atoms with van der Waals surface area (Å²) in [6.07, 6.45) is 0.158. The minimum absolute atomic E-state index is 0.138. The number of carboxylic acid groups (broad SMARTS) is 1. The zero-order valence-electron chi connectivity index (χ0n) is 27.0. The van der Waals surface area contributed by atoms with E-state index in [-0.39, 0.29) is 18.4 Å². The highest BCUT2D eigenvalue weighted by molar-refractivity contribution is 7.78. The quantitative estimate of drug-likeness (QED) is 0.151. The third kappa shape index (κ3) is 7.96. The highest BCUT2D eigenvalue weighted by Gasteiger charge is 2.40. The van der Waals surface area contributed by atoms with E-state index in [1.165, 1.54) is 23.2 Å². The van der Waals surface area contributed by atoms with Crippen LogP contribution < -0.4 is 14.8 Å². The molecule has 0 spiro atoms. The van der Waals surface area contributed by atoms with Gasteiger partial charge in [0.05, 0.1) is 29.1 Å². The van der Waals surface area contributed by atoms with Gasteiger partial charge in [-0.25, -0.2) is 4.98 Å². The number of rotatable bonds is 7. The van der Waals surface area contributed by atoms with Gasteiger partial charge in [0.2, 0.25) is 0 Å². The van der Waals surface area contributed by atoms with Crippen LogP contribution in [-0.4, -0.2) is 47.4 Å². The zero-order valence-corrected chi connectivity index (χ0v) is 27.9. The standard InChI is InChI=1S/C35H38F3N3O3.CH5NS/c1-21-40-31-18-26(17-30(33(31)41(21)2)24-6-4-16-39-19-24)22-8-10-23(11-9-22)29-7-3-5-25(32(29)34(42)43)20-44-28-14-12-27(13-15-28)35(36,37)38;1-2-3/h8-15,17-18,24-25,29,32,39H,3-7,16,19-20H2,1-2H3,(H,42,43);2-3H,1H3/t24?,25?,29?,32-;/m0./s1. The van der Waals surface area contributed by atoms with Gasteiger partial charge in [0.25, 0.3) is 0 Å². The van der Waals surface area contributed by atoms with Gasteiger partial charge in [-0.1, -0.05) is 43.5 Å². The van der Waals surface area contributed by atoms with Crippen molar-refractivity contribution < 1.29 is 27.8 Å². The van der Waals surface area contributed by atoms with Crippen LogP contribution in [0.5, 0.6) is 5.75 Å². The molecule has 1 aliphatic carbocycles. The van der Waals surface area contributed by atoms with Crippen molar-refractivity contribution in [2.24, 2.45) is 18.9 Å². The Morgan fingerprint density at radius 3 is 2.38 bits per heavy atom. The van der Waals surface area contributed by atoms with Gasteiger partial charge in [0.1, 0.15) is 11.6 Å². The first kappa shape index (κ1) is 34.8. The van der Waals surface area contributed by atoms with Gasteiger partial charge in [0.15, 0.2) is 0 Å². The number of fused-ring (bicyclic) bond motifs is 1. The molecule has 4 atom stereocenters. The number of carbonyl (C=O) groups is 1. The number of thiol groups is 1. The van der Waals surface area contributed by atoms with Gasteiger partial charge in [0, 0.05) is 19.5 Å². The van der Waals surface area contributed by atoms with Crippen LogP contribution in [0.4, 0.5) is 13.2 Å². The van der Waals surface area contributed by atoms with E-state index in [0.29, 0.717) is 18.1 Å². The SMILES string of the molecule is CNS.Cc1nc2cc(-c3ccc(C4CCCC(COc5ccc(C(F)(F)F)cc5)[C@@H]4C(=O)O)cc3)cc(C3CCCNC3)c2n1C. The number of alkyl halides is 3. The van der Waals surface area contributed by atoms with E-state index < -0.39 is 23.6 Å². The monoisotopic (exact) mass is 668 g/mol. The molecule has 7 nitrogen and oxygen atoms in total. The van der Waals surface area contributed by atoms with Crippen molar-refractivity contribution in [3.8, 4) is 16.9 Å². The fourth-order valence-corrected chi connectivity index (χ4v) is 7.19. The second-order valence-electron chi connectivity index (χ2n) is 12.5. The molecular weight excluding hydrogens is 625 g/mol. The molecular formula is C36H43F3N4O3S. The first-order valence-corrected chi connectivity index (χ1v) is 16.6. The van der Waals surface area contributed by atoms with Gasteiger partial charge in [-0.3, -0.25) is 9.52 Å². The van der Waals surface area contributed by atoms with Gasteiger partial charge in [-0.15, -0.1) is 0 Å². The van der Waals surface area contributed by atoms with Gasteiger partial charge < -0.3 is 19.7 Å². The summed E-state index contributed by atoms with van der Waals surface area (Å²) in [6.45, 7) is 4.16. The Morgan fingerprint density at radius 2 is 1.77 bits per heavy atom. The molecule has 11 heteroatoms. The molecule has 47 heavy (non-hydrogen) atoms. The summed E-state index contributed by atoms with van der Waals surface area (Å²) >= 11 is 3.54. The van der Waals surface area contributed by atoms with E-state index >= 15 is 0 Å². The van der Waals surface area contributed by atoms with Crippen molar-refractivity contribution in [1.82, 2.24) is 19.6 Å². The molecule has 3 N–H and O–H groups in total. The predicted molar refractivity (Wildman–Crippen MR) is 182 cm³/mol. The topological polar surface area (TPSA) is 88.4 Å². The molecule has 2 aliphatic rings. The number of ether oxygens (including phenoxy) is 1. The fraction of sp³-hybridized carbons (Fsp3) is 0.444. The summed E-state index contributed by atoms with van der Waals surface area (Å²) in [7, 11) is 3.81. The molecule has 0 bridgehead atoms. The largest absolute Gasteiger partial charge is 0.493 e. The smallest absolute Gasteiger partial charge is 0.416 e. The Balaban J connectivity index is 0.00000139.